The molecule has 0 saturated carbocycles. The van der Waals surface area contributed by atoms with E-state index >= 15 is 0 Å². The smallest absolute Gasteiger partial charge is 0.344 e. The molecule has 2 nitrogen and oxygen atoms in total. The third kappa shape index (κ3) is 2.11. The molecule has 0 radical (unpaired) electrons. The maximum Gasteiger partial charge on any atom is 0.344 e. The largest absolute Gasteiger partial charge is 0.374 e. The molecular formula is C10H22O2P+. The van der Waals surface area contributed by atoms with Gasteiger partial charge in [0.2, 0.25) is 0 Å². The van der Waals surface area contributed by atoms with Gasteiger partial charge in [-0.2, -0.15) is 0 Å². The van der Waals surface area contributed by atoms with E-state index in [1.807, 2.05) is 20.5 Å². The van der Waals surface area contributed by atoms with Crippen molar-refractivity contribution in [3.63, 3.8) is 0 Å². The van der Waals surface area contributed by atoms with E-state index in [1.54, 1.807) is 7.11 Å². The molecule has 78 valence electrons. The third-order valence-corrected chi connectivity index (χ3v) is 5.78. The Hall–Kier alpha value is 0.0600. The van der Waals surface area contributed by atoms with E-state index in [0.717, 1.165) is 12.8 Å². The summed E-state index contributed by atoms with van der Waals surface area (Å²) in [4.78, 5) is 0. The molecule has 0 amide bonds. The zero-order chi connectivity index (χ0) is 10.7. The Balaban J connectivity index is 5.09. The minimum Gasteiger partial charge on any atom is -0.374 e. The summed E-state index contributed by atoms with van der Waals surface area (Å²) < 4.78 is 17.3. The van der Waals surface area contributed by atoms with Crippen LogP contribution in [0.4, 0.5) is 0 Å². The lowest BCUT2D eigenvalue weighted by molar-refractivity contribution is -0.0175. The summed E-state index contributed by atoms with van der Waals surface area (Å²) in [6.45, 7) is 10.0. The fraction of sp³-hybridized carbons (Fsp3) is 1.00. The van der Waals surface area contributed by atoms with Crippen molar-refractivity contribution in [3.8, 4) is 0 Å². The highest BCUT2D eigenvalue weighted by molar-refractivity contribution is 7.45. The van der Waals surface area contributed by atoms with Crippen LogP contribution in [-0.4, -0.2) is 24.5 Å². The normalized spacial score (nSPS) is 14.5. The van der Waals surface area contributed by atoms with E-state index in [4.69, 9.17) is 4.74 Å². The van der Waals surface area contributed by atoms with Crippen LogP contribution in [0.2, 0.25) is 0 Å². The summed E-state index contributed by atoms with van der Waals surface area (Å²) in [6, 6.07) is 0. The molecule has 13 heavy (non-hydrogen) atoms. The fourth-order valence-corrected chi connectivity index (χ4v) is 3.86. The number of ether oxygens (including phenoxy) is 1. The van der Waals surface area contributed by atoms with Crippen molar-refractivity contribution >= 4 is 7.80 Å². The minimum absolute atomic E-state index is 0.183. The van der Waals surface area contributed by atoms with Gasteiger partial charge < -0.3 is 4.74 Å². The number of rotatable bonds is 5. The topological polar surface area (TPSA) is 26.3 Å². The quantitative estimate of drug-likeness (QED) is 0.643. The zero-order valence-corrected chi connectivity index (χ0v) is 10.6. The Labute approximate surface area is 82.8 Å². The van der Waals surface area contributed by atoms with E-state index in [0.29, 0.717) is 0 Å². The molecule has 0 aliphatic carbocycles. The molecule has 3 heteroatoms. The summed E-state index contributed by atoms with van der Waals surface area (Å²) in [5.41, 5.74) is -0.307. The van der Waals surface area contributed by atoms with E-state index in [2.05, 4.69) is 13.8 Å². The highest BCUT2D eigenvalue weighted by Gasteiger charge is 2.55. The maximum absolute atomic E-state index is 11.8. The van der Waals surface area contributed by atoms with Gasteiger partial charge in [0.1, 0.15) is 12.3 Å². The van der Waals surface area contributed by atoms with Crippen molar-refractivity contribution in [1.82, 2.24) is 0 Å². The van der Waals surface area contributed by atoms with Crippen molar-refractivity contribution in [2.24, 2.45) is 0 Å². The average molecular weight is 205 g/mol. The Bertz CT molecular complexity index is 183. The molecule has 0 aromatic heterocycles. The molecule has 0 aliphatic heterocycles. The second-order valence-corrected chi connectivity index (χ2v) is 5.80. The summed E-state index contributed by atoms with van der Waals surface area (Å²) in [5, 5.41) is -0.183. The molecule has 0 saturated heterocycles. The molecule has 0 aromatic carbocycles. The summed E-state index contributed by atoms with van der Waals surface area (Å²) in [5.74, 6) is 0. The van der Waals surface area contributed by atoms with Crippen LogP contribution in [0.5, 0.6) is 0 Å². The summed E-state index contributed by atoms with van der Waals surface area (Å²) in [6.07, 6.45) is 1.80. The van der Waals surface area contributed by atoms with Crippen LogP contribution in [0.25, 0.3) is 0 Å². The lowest BCUT2D eigenvalue weighted by atomic mass is 9.85. The van der Waals surface area contributed by atoms with Crippen molar-refractivity contribution in [3.05, 3.63) is 0 Å². The van der Waals surface area contributed by atoms with Crippen molar-refractivity contribution < 1.29 is 9.30 Å². The molecule has 0 bridgehead atoms. The molecule has 0 fully saturated rings. The molecule has 0 N–H and O–H groups in total. The number of hydrogen-bond donors (Lipinski definition) is 0. The van der Waals surface area contributed by atoms with Crippen LogP contribution in [0.1, 0.15) is 40.5 Å². The van der Waals surface area contributed by atoms with Gasteiger partial charge in [-0.15, -0.1) is 0 Å². The highest BCUT2D eigenvalue weighted by atomic mass is 31.1. The van der Waals surface area contributed by atoms with Gasteiger partial charge in [0, 0.05) is 7.11 Å². The van der Waals surface area contributed by atoms with Crippen LogP contribution in [0.3, 0.4) is 0 Å². The molecule has 0 heterocycles. The first-order chi connectivity index (χ1) is 5.88. The average Bonchev–Trinajstić information content (AvgIpc) is 2.06. The Kier molecular flexibility index (Phi) is 4.54. The van der Waals surface area contributed by atoms with E-state index < -0.39 is 7.80 Å². The molecule has 0 aliphatic rings. The Morgan fingerprint density at radius 1 is 1.23 bits per heavy atom. The molecule has 0 rings (SSSR count). The molecule has 0 aromatic rings. The summed E-state index contributed by atoms with van der Waals surface area (Å²) >= 11 is 0. The Morgan fingerprint density at radius 2 is 1.62 bits per heavy atom. The molecular weight excluding hydrogens is 183 g/mol. The van der Waals surface area contributed by atoms with Crippen molar-refractivity contribution in [1.29, 1.82) is 0 Å². The molecule has 1 atom stereocenters. The summed E-state index contributed by atoms with van der Waals surface area (Å²) in [7, 11) is 0.476. The number of methoxy groups -OCH3 is 1. The van der Waals surface area contributed by atoms with Gasteiger partial charge in [-0.3, -0.25) is 0 Å². The predicted octanol–water partition coefficient (Wildman–Crippen LogP) is 3.43. The van der Waals surface area contributed by atoms with E-state index in [9.17, 15) is 4.57 Å². The van der Waals surface area contributed by atoms with Crippen molar-refractivity contribution in [2.75, 3.05) is 13.8 Å². The lowest BCUT2D eigenvalue weighted by Gasteiger charge is -2.36. The maximum atomic E-state index is 11.8. The van der Waals surface area contributed by atoms with Crippen LogP contribution < -0.4 is 0 Å². The standard InChI is InChI=1S/C10H22O2P/c1-7-10(8-2,13(6)11)9(3,4)12-5/h7-8H2,1-6H3/q+1. The van der Waals surface area contributed by atoms with Crippen LogP contribution in [0, 0.1) is 0 Å². The van der Waals surface area contributed by atoms with Crippen molar-refractivity contribution in [2.45, 2.75) is 51.3 Å². The van der Waals surface area contributed by atoms with Gasteiger partial charge in [0.05, 0.1) is 0 Å². The second-order valence-electron chi connectivity index (χ2n) is 3.95. The van der Waals surface area contributed by atoms with Gasteiger partial charge in [-0.05, 0) is 26.7 Å². The zero-order valence-electron chi connectivity index (χ0n) is 9.68. The fourth-order valence-electron chi connectivity index (χ4n) is 2.12. The first-order valence-corrected chi connectivity index (χ1v) is 6.54. The first-order valence-electron chi connectivity index (χ1n) is 4.84. The lowest BCUT2D eigenvalue weighted by Crippen LogP contribution is -2.47. The van der Waals surface area contributed by atoms with Gasteiger partial charge in [-0.1, -0.05) is 18.4 Å². The molecule has 1 unspecified atom stereocenters. The predicted molar refractivity (Wildman–Crippen MR) is 57.9 cm³/mol. The molecule has 0 spiro atoms. The van der Waals surface area contributed by atoms with Gasteiger partial charge in [0.25, 0.3) is 0 Å². The van der Waals surface area contributed by atoms with Gasteiger partial charge in [-0.25, -0.2) is 0 Å². The minimum atomic E-state index is -1.22. The van der Waals surface area contributed by atoms with E-state index in [1.165, 1.54) is 0 Å². The first kappa shape index (κ1) is 13.1. The third-order valence-electron chi connectivity index (χ3n) is 3.40. The van der Waals surface area contributed by atoms with Crippen LogP contribution >= 0.6 is 7.80 Å². The van der Waals surface area contributed by atoms with Gasteiger partial charge in [0.15, 0.2) is 5.16 Å². The monoisotopic (exact) mass is 205 g/mol. The highest BCUT2D eigenvalue weighted by Crippen LogP contribution is 2.50. The van der Waals surface area contributed by atoms with Crippen LogP contribution in [-0.2, 0) is 9.30 Å². The van der Waals surface area contributed by atoms with Crippen LogP contribution in [0.15, 0.2) is 0 Å². The number of hydrogen-bond acceptors (Lipinski definition) is 2. The second kappa shape index (κ2) is 4.52. The SMILES string of the molecule is CCC(CC)([P+](C)=O)C(C)(C)OC. The van der Waals surface area contributed by atoms with E-state index in [-0.39, 0.29) is 10.8 Å². The van der Waals surface area contributed by atoms with Gasteiger partial charge >= 0.3 is 7.80 Å². The Morgan fingerprint density at radius 3 is 1.69 bits per heavy atom.